The van der Waals surface area contributed by atoms with Crippen LogP contribution in [0.25, 0.3) is 0 Å². The molecule has 0 aliphatic rings. The molecule has 0 aliphatic carbocycles. The SMILES string of the molecule is CCOc1cc(NCC(C(=O)O)C(C)C)cc([N+](=O)[O-])c1. The van der Waals surface area contributed by atoms with Crippen LogP contribution in [0.15, 0.2) is 18.2 Å². The van der Waals surface area contributed by atoms with E-state index in [0.717, 1.165) is 0 Å². The van der Waals surface area contributed by atoms with Gasteiger partial charge in [0.15, 0.2) is 0 Å². The lowest BCUT2D eigenvalue weighted by molar-refractivity contribution is -0.384. The van der Waals surface area contributed by atoms with E-state index in [1.165, 1.54) is 12.1 Å². The summed E-state index contributed by atoms with van der Waals surface area (Å²) < 4.78 is 5.28. The number of nitrogens with one attached hydrogen (secondary N) is 1. The van der Waals surface area contributed by atoms with Crippen molar-refractivity contribution in [2.45, 2.75) is 20.8 Å². The van der Waals surface area contributed by atoms with Crippen LogP contribution in [-0.4, -0.2) is 29.2 Å². The van der Waals surface area contributed by atoms with Crippen LogP contribution in [0.1, 0.15) is 20.8 Å². The zero-order valence-electron chi connectivity index (χ0n) is 12.3. The maximum Gasteiger partial charge on any atom is 0.308 e. The van der Waals surface area contributed by atoms with E-state index in [0.29, 0.717) is 18.0 Å². The van der Waals surface area contributed by atoms with E-state index in [2.05, 4.69) is 5.32 Å². The minimum Gasteiger partial charge on any atom is -0.494 e. The summed E-state index contributed by atoms with van der Waals surface area (Å²) in [6.07, 6.45) is 0. The van der Waals surface area contributed by atoms with Gasteiger partial charge in [0.05, 0.1) is 23.5 Å². The molecule has 0 aliphatic heterocycles. The summed E-state index contributed by atoms with van der Waals surface area (Å²) in [5.41, 5.74) is 0.374. The highest BCUT2D eigenvalue weighted by Gasteiger charge is 2.21. The molecule has 0 aromatic heterocycles. The molecule has 0 spiro atoms. The third kappa shape index (κ3) is 4.94. The van der Waals surface area contributed by atoms with E-state index < -0.39 is 16.8 Å². The van der Waals surface area contributed by atoms with E-state index in [9.17, 15) is 14.9 Å². The summed E-state index contributed by atoms with van der Waals surface area (Å²) in [5.74, 6) is -1.13. The van der Waals surface area contributed by atoms with Crippen molar-refractivity contribution in [3.63, 3.8) is 0 Å². The minimum absolute atomic E-state index is 0.0416. The number of non-ortho nitro benzene ring substituents is 1. The Hall–Kier alpha value is -2.31. The van der Waals surface area contributed by atoms with Gasteiger partial charge in [-0.05, 0) is 12.8 Å². The summed E-state index contributed by atoms with van der Waals surface area (Å²) in [4.78, 5) is 21.5. The van der Waals surface area contributed by atoms with Gasteiger partial charge in [-0.2, -0.15) is 0 Å². The molecule has 0 fully saturated rings. The predicted molar refractivity (Wildman–Crippen MR) is 78.7 cm³/mol. The second-order valence-electron chi connectivity index (χ2n) is 4.98. The number of carboxylic acids is 1. The Morgan fingerprint density at radius 2 is 2.10 bits per heavy atom. The Bertz CT molecular complexity index is 516. The summed E-state index contributed by atoms with van der Waals surface area (Å²) in [6.45, 7) is 6.01. The number of ether oxygens (including phenoxy) is 1. The van der Waals surface area contributed by atoms with Crippen molar-refractivity contribution in [2.75, 3.05) is 18.5 Å². The summed E-state index contributed by atoms with van der Waals surface area (Å²) in [7, 11) is 0. The van der Waals surface area contributed by atoms with E-state index in [1.54, 1.807) is 13.0 Å². The Balaban J connectivity index is 2.91. The first-order valence-corrected chi connectivity index (χ1v) is 6.74. The number of aliphatic carboxylic acids is 1. The molecule has 7 nitrogen and oxygen atoms in total. The molecular formula is C14H20N2O5. The smallest absolute Gasteiger partial charge is 0.308 e. The van der Waals surface area contributed by atoms with Gasteiger partial charge in [-0.15, -0.1) is 0 Å². The van der Waals surface area contributed by atoms with Gasteiger partial charge in [0.25, 0.3) is 5.69 Å². The second kappa shape index (κ2) is 7.47. The molecule has 7 heteroatoms. The van der Waals surface area contributed by atoms with Crippen molar-refractivity contribution in [1.82, 2.24) is 0 Å². The van der Waals surface area contributed by atoms with Gasteiger partial charge >= 0.3 is 5.97 Å². The molecule has 0 amide bonds. The molecule has 0 heterocycles. The molecule has 21 heavy (non-hydrogen) atoms. The summed E-state index contributed by atoms with van der Waals surface area (Å²) >= 11 is 0. The molecule has 0 saturated carbocycles. The Labute approximate surface area is 123 Å². The van der Waals surface area contributed by atoms with Gasteiger partial charge < -0.3 is 15.2 Å². The van der Waals surface area contributed by atoms with Gasteiger partial charge in [0, 0.05) is 24.4 Å². The molecular weight excluding hydrogens is 276 g/mol. The third-order valence-electron chi connectivity index (χ3n) is 3.06. The topological polar surface area (TPSA) is 102 Å². The number of hydrogen-bond acceptors (Lipinski definition) is 5. The van der Waals surface area contributed by atoms with E-state index in [4.69, 9.17) is 9.84 Å². The van der Waals surface area contributed by atoms with Crippen LogP contribution in [0, 0.1) is 22.0 Å². The fourth-order valence-electron chi connectivity index (χ4n) is 1.88. The lowest BCUT2D eigenvalue weighted by Gasteiger charge is -2.17. The van der Waals surface area contributed by atoms with Crippen molar-refractivity contribution in [1.29, 1.82) is 0 Å². The number of nitrogens with zero attached hydrogens (tertiary/aromatic N) is 1. The number of carboxylic acid groups (broad SMARTS) is 1. The predicted octanol–water partition coefficient (Wildman–Crippen LogP) is 2.76. The molecule has 0 saturated heterocycles. The van der Waals surface area contributed by atoms with Gasteiger partial charge in [-0.25, -0.2) is 0 Å². The molecule has 1 rings (SSSR count). The first-order valence-electron chi connectivity index (χ1n) is 6.74. The van der Waals surface area contributed by atoms with Crippen LogP contribution in [-0.2, 0) is 4.79 Å². The van der Waals surface area contributed by atoms with E-state index in [-0.39, 0.29) is 18.2 Å². The molecule has 0 radical (unpaired) electrons. The zero-order valence-corrected chi connectivity index (χ0v) is 12.3. The van der Waals surface area contributed by atoms with E-state index >= 15 is 0 Å². The summed E-state index contributed by atoms with van der Waals surface area (Å²) in [5, 5.41) is 23.0. The van der Waals surface area contributed by atoms with Crippen LogP contribution in [0.2, 0.25) is 0 Å². The third-order valence-corrected chi connectivity index (χ3v) is 3.06. The normalized spacial score (nSPS) is 12.0. The molecule has 1 atom stereocenters. The van der Waals surface area contributed by atoms with Crippen molar-refractivity contribution >= 4 is 17.3 Å². The average molecular weight is 296 g/mol. The zero-order chi connectivity index (χ0) is 16.0. The van der Waals surface area contributed by atoms with Crippen LogP contribution in [0.3, 0.4) is 0 Å². The standard InChI is InChI=1S/C14H20N2O5/c1-4-21-12-6-10(5-11(7-12)16(19)20)15-8-13(9(2)3)14(17)18/h5-7,9,13,15H,4,8H2,1-3H3,(H,17,18). The van der Waals surface area contributed by atoms with Crippen LogP contribution < -0.4 is 10.1 Å². The highest BCUT2D eigenvalue weighted by Crippen LogP contribution is 2.26. The maximum absolute atomic E-state index is 11.1. The molecule has 0 bridgehead atoms. The largest absolute Gasteiger partial charge is 0.494 e. The van der Waals surface area contributed by atoms with Crippen LogP contribution in [0.5, 0.6) is 5.75 Å². The maximum atomic E-state index is 11.1. The molecule has 1 aromatic rings. The molecule has 1 unspecified atom stereocenters. The number of rotatable bonds is 8. The van der Waals surface area contributed by atoms with Crippen molar-refractivity contribution < 1.29 is 19.6 Å². The molecule has 2 N–H and O–H groups in total. The highest BCUT2D eigenvalue weighted by atomic mass is 16.6. The van der Waals surface area contributed by atoms with E-state index in [1.807, 2.05) is 13.8 Å². The summed E-state index contributed by atoms with van der Waals surface area (Å²) in [6, 6.07) is 4.32. The second-order valence-corrected chi connectivity index (χ2v) is 4.98. The van der Waals surface area contributed by atoms with Crippen molar-refractivity contribution in [3.05, 3.63) is 28.3 Å². The fourth-order valence-corrected chi connectivity index (χ4v) is 1.88. The Kier molecular flexibility index (Phi) is 5.95. The number of anilines is 1. The van der Waals surface area contributed by atoms with Gasteiger partial charge in [-0.1, -0.05) is 13.8 Å². The molecule has 1 aromatic carbocycles. The number of hydrogen-bond donors (Lipinski definition) is 2. The van der Waals surface area contributed by atoms with Crippen LogP contribution >= 0.6 is 0 Å². The Morgan fingerprint density at radius 1 is 1.43 bits per heavy atom. The van der Waals surface area contributed by atoms with Crippen molar-refractivity contribution in [2.24, 2.45) is 11.8 Å². The number of benzene rings is 1. The number of carbonyl (C=O) groups is 1. The first-order chi connectivity index (χ1) is 9.85. The lowest BCUT2D eigenvalue weighted by Crippen LogP contribution is -2.27. The van der Waals surface area contributed by atoms with Crippen molar-refractivity contribution in [3.8, 4) is 5.75 Å². The van der Waals surface area contributed by atoms with Gasteiger partial charge in [-0.3, -0.25) is 14.9 Å². The monoisotopic (exact) mass is 296 g/mol. The quantitative estimate of drug-likeness (QED) is 0.565. The molecule has 116 valence electrons. The average Bonchev–Trinajstić information content (AvgIpc) is 2.38. The highest BCUT2D eigenvalue weighted by molar-refractivity contribution is 5.71. The first kappa shape index (κ1) is 16.7. The number of nitro groups is 1. The van der Waals surface area contributed by atoms with Gasteiger partial charge in [0.1, 0.15) is 5.75 Å². The number of nitro benzene ring substituents is 1. The fraction of sp³-hybridized carbons (Fsp3) is 0.500. The van der Waals surface area contributed by atoms with Crippen LogP contribution in [0.4, 0.5) is 11.4 Å². The minimum atomic E-state index is -0.895. The Morgan fingerprint density at radius 3 is 2.57 bits per heavy atom. The van der Waals surface area contributed by atoms with Gasteiger partial charge in [0.2, 0.25) is 0 Å². The lowest BCUT2D eigenvalue weighted by atomic mass is 9.96.